The fourth-order valence-electron chi connectivity index (χ4n) is 1.39. The molecular formula is C11H19N3O2S. The highest BCUT2D eigenvalue weighted by atomic mass is 32.2. The number of aryl methyl sites for hydroxylation is 2. The van der Waals surface area contributed by atoms with Crippen molar-refractivity contribution >= 4 is 17.7 Å². The minimum atomic E-state index is -0.552. The third-order valence-corrected chi connectivity index (χ3v) is 3.54. The first-order valence-corrected chi connectivity index (χ1v) is 6.66. The molecule has 5 nitrogen and oxygen atoms in total. The van der Waals surface area contributed by atoms with Gasteiger partial charge in [0.15, 0.2) is 0 Å². The Labute approximate surface area is 106 Å². The normalized spacial score (nSPS) is 12.5. The number of hydrogen-bond donors (Lipinski definition) is 1. The van der Waals surface area contributed by atoms with Gasteiger partial charge in [-0.2, -0.15) is 16.9 Å². The Kier molecular flexibility index (Phi) is 5.50. The minimum absolute atomic E-state index is 0.364. The Bertz CT molecular complexity index is 379. The van der Waals surface area contributed by atoms with E-state index in [-0.39, 0.29) is 5.97 Å². The fraction of sp³-hybridized carbons (Fsp3) is 0.636. The average molecular weight is 257 g/mol. The van der Waals surface area contributed by atoms with E-state index in [0.717, 1.165) is 23.6 Å². The van der Waals surface area contributed by atoms with Crippen molar-refractivity contribution in [2.45, 2.75) is 25.1 Å². The maximum absolute atomic E-state index is 11.1. The maximum Gasteiger partial charge on any atom is 0.323 e. The van der Waals surface area contributed by atoms with Crippen LogP contribution < -0.4 is 5.73 Å². The molecule has 0 saturated heterocycles. The molecule has 0 fully saturated rings. The van der Waals surface area contributed by atoms with Gasteiger partial charge in [0.25, 0.3) is 0 Å². The van der Waals surface area contributed by atoms with Gasteiger partial charge in [-0.3, -0.25) is 9.48 Å². The second-order valence-corrected chi connectivity index (χ2v) is 4.78. The Morgan fingerprint density at radius 2 is 2.41 bits per heavy atom. The van der Waals surface area contributed by atoms with Crippen LogP contribution in [0.5, 0.6) is 0 Å². The molecule has 17 heavy (non-hydrogen) atoms. The van der Waals surface area contributed by atoms with E-state index in [4.69, 9.17) is 5.73 Å². The molecule has 0 aliphatic heterocycles. The summed E-state index contributed by atoms with van der Waals surface area (Å²) < 4.78 is 6.44. The lowest BCUT2D eigenvalue weighted by atomic mass is 10.3. The number of esters is 1. The standard InChI is InChI=1S/C11H19N3O2S/c1-4-8-5-9(14(2)13-8)6-17-7-10(12)11(15)16-3/h5,10H,4,6-7,12H2,1-3H3. The number of rotatable bonds is 6. The van der Waals surface area contributed by atoms with Gasteiger partial charge in [0, 0.05) is 24.2 Å². The van der Waals surface area contributed by atoms with Crippen molar-refractivity contribution in [1.29, 1.82) is 0 Å². The first-order chi connectivity index (χ1) is 8.08. The molecular weight excluding hydrogens is 238 g/mol. The number of carbonyl (C=O) groups excluding carboxylic acids is 1. The lowest BCUT2D eigenvalue weighted by molar-refractivity contribution is -0.141. The summed E-state index contributed by atoms with van der Waals surface area (Å²) in [7, 11) is 3.27. The van der Waals surface area contributed by atoms with E-state index in [9.17, 15) is 4.79 Å². The Morgan fingerprint density at radius 1 is 1.71 bits per heavy atom. The van der Waals surface area contributed by atoms with E-state index in [1.165, 1.54) is 7.11 Å². The van der Waals surface area contributed by atoms with E-state index < -0.39 is 6.04 Å². The van der Waals surface area contributed by atoms with Crippen LogP contribution in [-0.4, -0.2) is 34.7 Å². The third-order valence-electron chi connectivity index (χ3n) is 2.44. The first-order valence-electron chi connectivity index (χ1n) is 5.51. The highest BCUT2D eigenvalue weighted by Crippen LogP contribution is 2.14. The smallest absolute Gasteiger partial charge is 0.323 e. The van der Waals surface area contributed by atoms with Crippen LogP contribution >= 0.6 is 11.8 Å². The molecule has 0 bridgehead atoms. The second kappa shape index (κ2) is 6.66. The third kappa shape index (κ3) is 4.05. The van der Waals surface area contributed by atoms with Crippen LogP contribution in [0.4, 0.5) is 0 Å². The van der Waals surface area contributed by atoms with Crippen LogP contribution in [0, 0.1) is 0 Å². The fourth-order valence-corrected chi connectivity index (χ4v) is 2.38. The number of methoxy groups -OCH3 is 1. The first kappa shape index (κ1) is 14.1. The molecule has 0 radical (unpaired) electrons. The van der Waals surface area contributed by atoms with Gasteiger partial charge in [0.05, 0.1) is 12.8 Å². The molecule has 6 heteroatoms. The molecule has 2 N–H and O–H groups in total. The summed E-state index contributed by atoms with van der Waals surface area (Å²) in [6.07, 6.45) is 0.931. The molecule has 0 spiro atoms. The lowest BCUT2D eigenvalue weighted by Crippen LogP contribution is -2.33. The van der Waals surface area contributed by atoms with E-state index in [2.05, 4.69) is 22.8 Å². The van der Waals surface area contributed by atoms with Crippen molar-refractivity contribution < 1.29 is 9.53 Å². The van der Waals surface area contributed by atoms with Crippen molar-refractivity contribution in [1.82, 2.24) is 9.78 Å². The monoisotopic (exact) mass is 257 g/mol. The maximum atomic E-state index is 11.1. The van der Waals surface area contributed by atoms with Gasteiger partial charge < -0.3 is 10.5 Å². The summed E-state index contributed by atoms with van der Waals surface area (Å²) in [6.45, 7) is 2.08. The Hall–Kier alpha value is -1.01. The molecule has 0 aliphatic carbocycles. The Balaban J connectivity index is 2.40. The summed E-state index contributed by atoms with van der Waals surface area (Å²) in [6, 6.07) is 1.53. The lowest BCUT2D eigenvalue weighted by Gasteiger charge is -2.08. The van der Waals surface area contributed by atoms with Crippen LogP contribution in [0.1, 0.15) is 18.3 Å². The van der Waals surface area contributed by atoms with Gasteiger partial charge in [-0.05, 0) is 12.5 Å². The van der Waals surface area contributed by atoms with Crippen molar-refractivity contribution in [3.05, 3.63) is 17.5 Å². The van der Waals surface area contributed by atoms with Gasteiger partial charge in [-0.1, -0.05) is 6.92 Å². The molecule has 0 aromatic carbocycles. The summed E-state index contributed by atoms with van der Waals surface area (Å²) in [5, 5.41) is 4.36. The van der Waals surface area contributed by atoms with Gasteiger partial charge in [0.1, 0.15) is 6.04 Å². The van der Waals surface area contributed by atoms with E-state index in [0.29, 0.717) is 5.75 Å². The van der Waals surface area contributed by atoms with Crippen LogP contribution in [0.2, 0.25) is 0 Å². The second-order valence-electron chi connectivity index (χ2n) is 3.75. The van der Waals surface area contributed by atoms with Crippen molar-refractivity contribution in [3.8, 4) is 0 Å². The van der Waals surface area contributed by atoms with Crippen molar-refractivity contribution in [3.63, 3.8) is 0 Å². The summed E-state index contributed by atoms with van der Waals surface area (Å²) in [5.41, 5.74) is 7.87. The molecule has 1 unspecified atom stereocenters. The Morgan fingerprint density at radius 3 is 2.94 bits per heavy atom. The topological polar surface area (TPSA) is 70.1 Å². The minimum Gasteiger partial charge on any atom is -0.468 e. The summed E-state index contributed by atoms with van der Waals surface area (Å²) >= 11 is 1.61. The van der Waals surface area contributed by atoms with Crippen LogP contribution in [0.15, 0.2) is 6.07 Å². The molecule has 1 aromatic heterocycles. The number of nitrogens with two attached hydrogens (primary N) is 1. The van der Waals surface area contributed by atoms with Crippen LogP contribution in [0.25, 0.3) is 0 Å². The number of nitrogens with zero attached hydrogens (tertiary/aromatic N) is 2. The highest BCUT2D eigenvalue weighted by Gasteiger charge is 2.13. The van der Waals surface area contributed by atoms with E-state index >= 15 is 0 Å². The van der Waals surface area contributed by atoms with E-state index in [1.54, 1.807) is 11.8 Å². The number of hydrogen-bond acceptors (Lipinski definition) is 5. The van der Waals surface area contributed by atoms with Gasteiger partial charge in [0.2, 0.25) is 0 Å². The molecule has 0 saturated carbocycles. The highest BCUT2D eigenvalue weighted by molar-refractivity contribution is 7.98. The number of aromatic nitrogens is 2. The zero-order valence-corrected chi connectivity index (χ0v) is 11.3. The zero-order valence-electron chi connectivity index (χ0n) is 10.5. The predicted molar refractivity (Wildman–Crippen MR) is 68.7 cm³/mol. The molecule has 96 valence electrons. The average Bonchev–Trinajstić information content (AvgIpc) is 2.69. The number of ether oxygens (including phenoxy) is 1. The van der Waals surface area contributed by atoms with Crippen LogP contribution in [0.3, 0.4) is 0 Å². The van der Waals surface area contributed by atoms with Gasteiger partial charge in [-0.25, -0.2) is 0 Å². The van der Waals surface area contributed by atoms with Gasteiger partial charge >= 0.3 is 5.97 Å². The molecule has 1 rings (SSSR count). The predicted octanol–water partition coefficient (Wildman–Crippen LogP) is 0.716. The van der Waals surface area contributed by atoms with E-state index in [1.807, 2.05) is 11.7 Å². The molecule has 1 atom stereocenters. The van der Waals surface area contributed by atoms with Crippen molar-refractivity contribution in [2.24, 2.45) is 12.8 Å². The van der Waals surface area contributed by atoms with Crippen molar-refractivity contribution in [2.75, 3.05) is 12.9 Å². The molecule has 1 heterocycles. The summed E-state index contributed by atoms with van der Waals surface area (Å²) in [4.78, 5) is 11.1. The SMILES string of the molecule is CCc1cc(CSCC(N)C(=O)OC)n(C)n1. The summed E-state index contributed by atoms with van der Waals surface area (Å²) in [5.74, 6) is 0.991. The quantitative estimate of drug-likeness (QED) is 0.760. The number of carbonyl (C=O) groups is 1. The molecule has 0 aliphatic rings. The van der Waals surface area contributed by atoms with Gasteiger partial charge in [-0.15, -0.1) is 0 Å². The molecule has 1 aromatic rings. The largest absolute Gasteiger partial charge is 0.468 e. The molecule has 0 amide bonds. The number of thioether (sulfide) groups is 1. The van der Waals surface area contributed by atoms with Crippen LogP contribution in [-0.2, 0) is 28.8 Å². The zero-order chi connectivity index (χ0) is 12.8.